The number of carbonyl (C=O) groups excluding carboxylic acids is 4. The van der Waals surface area contributed by atoms with Crippen LogP contribution in [-0.2, 0) is 24.0 Å². The van der Waals surface area contributed by atoms with Gasteiger partial charge in [0.25, 0.3) is 5.91 Å². The highest BCUT2D eigenvalue weighted by Crippen LogP contribution is 2.26. The van der Waals surface area contributed by atoms with E-state index in [4.69, 9.17) is 5.11 Å². The van der Waals surface area contributed by atoms with Crippen molar-refractivity contribution in [3.05, 3.63) is 59.2 Å². The summed E-state index contributed by atoms with van der Waals surface area (Å²) < 4.78 is 85.7. The van der Waals surface area contributed by atoms with Crippen molar-refractivity contribution in [2.24, 2.45) is 5.92 Å². The number of para-hydroxylation sites is 1. The average molecular weight is 548 g/mol. The highest BCUT2D eigenvalue weighted by Gasteiger charge is 2.30. The van der Waals surface area contributed by atoms with E-state index in [1.165, 1.54) is 0 Å². The quantitative estimate of drug-likeness (QED) is 0.211. The van der Waals surface area contributed by atoms with Crippen molar-refractivity contribution < 1.29 is 60.2 Å². The second-order valence-corrected chi connectivity index (χ2v) is 7.79. The van der Waals surface area contributed by atoms with Gasteiger partial charge >= 0.3 is 5.97 Å². The van der Waals surface area contributed by atoms with Crippen LogP contribution in [0.4, 0.5) is 32.0 Å². The highest BCUT2D eigenvalue weighted by molar-refractivity contribution is 6.40. The van der Waals surface area contributed by atoms with E-state index < -0.39 is 107 Å². The number of Topliss-reactive ketones (excluding diaryl/α,β-unsaturated/α-hetero) is 2. The first-order chi connectivity index (χ1) is 17.7. The molecule has 9 nitrogen and oxygen atoms in total. The molecule has 0 saturated heterocycles. The molecule has 2 amide bonds. The van der Waals surface area contributed by atoms with Crippen LogP contribution >= 0.6 is 0 Å². The number of aliphatic carboxylic acids is 1. The molecule has 0 heterocycles. The van der Waals surface area contributed by atoms with Gasteiger partial charge in [-0.15, -0.1) is 0 Å². The van der Waals surface area contributed by atoms with Crippen molar-refractivity contribution in [3.8, 4) is 5.75 Å². The van der Waals surface area contributed by atoms with Crippen LogP contribution in [0, 0.1) is 40.8 Å². The van der Waals surface area contributed by atoms with Crippen molar-refractivity contribution >= 4 is 35.0 Å². The Labute approximate surface area is 209 Å². The van der Waals surface area contributed by atoms with Crippen molar-refractivity contribution in [1.82, 2.24) is 5.32 Å². The molecular formula is C23H18F6N2O7. The SMILES string of the molecule is C[C@H](CC(=O)C(=O)Nc1c(F)cccc1F)C(=O)N[C@@H](CC(=O)O)C(=O)COc1c(F)c(F)cc(F)c1F. The van der Waals surface area contributed by atoms with Crippen molar-refractivity contribution in [2.75, 3.05) is 11.9 Å². The van der Waals surface area contributed by atoms with Crippen molar-refractivity contribution in [1.29, 1.82) is 0 Å². The van der Waals surface area contributed by atoms with Gasteiger partial charge < -0.3 is 20.5 Å². The molecule has 0 radical (unpaired) electrons. The zero-order chi connectivity index (χ0) is 28.7. The fraction of sp³-hybridized carbons (Fsp3) is 0.261. The minimum absolute atomic E-state index is 0.109. The molecule has 15 heteroatoms. The van der Waals surface area contributed by atoms with Crippen LogP contribution in [0.3, 0.4) is 0 Å². The zero-order valence-electron chi connectivity index (χ0n) is 19.2. The van der Waals surface area contributed by atoms with Gasteiger partial charge in [0.05, 0.1) is 6.42 Å². The molecule has 0 aliphatic heterocycles. The van der Waals surface area contributed by atoms with E-state index in [0.717, 1.165) is 25.1 Å². The predicted octanol–water partition coefficient (Wildman–Crippen LogP) is 2.66. The summed E-state index contributed by atoms with van der Waals surface area (Å²) in [6, 6.07) is 0.649. The van der Waals surface area contributed by atoms with Crippen LogP contribution in [-0.4, -0.2) is 47.1 Å². The molecule has 0 aliphatic carbocycles. The average Bonchev–Trinajstić information content (AvgIpc) is 2.83. The molecule has 2 atom stereocenters. The summed E-state index contributed by atoms with van der Waals surface area (Å²) >= 11 is 0. The highest BCUT2D eigenvalue weighted by atomic mass is 19.2. The number of ether oxygens (including phenoxy) is 1. The number of anilines is 1. The Kier molecular flexibility index (Phi) is 9.95. The minimum Gasteiger partial charge on any atom is -0.481 e. The lowest BCUT2D eigenvalue weighted by Crippen LogP contribution is -2.46. The smallest absolute Gasteiger partial charge is 0.305 e. The summed E-state index contributed by atoms with van der Waals surface area (Å²) in [5.41, 5.74) is -0.902. The van der Waals surface area contributed by atoms with E-state index in [1.807, 2.05) is 5.32 Å². The van der Waals surface area contributed by atoms with Crippen LogP contribution in [0.15, 0.2) is 24.3 Å². The number of hydrogen-bond donors (Lipinski definition) is 3. The summed E-state index contributed by atoms with van der Waals surface area (Å²) in [5, 5.41) is 12.7. The Hall–Kier alpha value is -4.43. The standard InChI is InChI=1S/C23H18F6N2O7/c1-9(5-15(32)23(37)31-20-10(24)3-2-4-11(20)25)22(36)30-14(7-17(34)35)16(33)8-38-21-18(28)12(26)6-13(27)19(21)29/h2-4,6,9,14H,5,7-8H2,1H3,(H,30,36)(H,31,37)(H,34,35)/t9-,14+/m1/s1. The molecule has 2 rings (SSSR count). The van der Waals surface area contributed by atoms with Crippen LogP contribution in [0.2, 0.25) is 0 Å². The van der Waals surface area contributed by atoms with Gasteiger partial charge in [-0.2, -0.15) is 8.78 Å². The monoisotopic (exact) mass is 548 g/mol. The fourth-order valence-corrected chi connectivity index (χ4v) is 2.92. The van der Waals surface area contributed by atoms with E-state index >= 15 is 0 Å². The zero-order valence-corrected chi connectivity index (χ0v) is 19.2. The van der Waals surface area contributed by atoms with E-state index in [0.29, 0.717) is 0 Å². The molecule has 38 heavy (non-hydrogen) atoms. The Morgan fingerprint density at radius 3 is 1.97 bits per heavy atom. The maximum Gasteiger partial charge on any atom is 0.305 e. The number of ketones is 2. The Morgan fingerprint density at radius 1 is 0.895 bits per heavy atom. The van der Waals surface area contributed by atoms with Gasteiger partial charge in [-0.05, 0) is 12.1 Å². The first-order valence-electron chi connectivity index (χ1n) is 10.5. The number of halogens is 6. The Bertz CT molecular complexity index is 1240. The van der Waals surface area contributed by atoms with Crippen LogP contribution in [0.1, 0.15) is 19.8 Å². The van der Waals surface area contributed by atoms with E-state index in [-0.39, 0.29) is 6.07 Å². The predicted molar refractivity (Wildman–Crippen MR) is 115 cm³/mol. The topological polar surface area (TPSA) is 139 Å². The number of carbonyl (C=O) groups is 5. The molecule has 2 aromatic carbocycles. The number of nitrogens with one attached hydrogen (secondary N) is 2. The Morgan fingerprint density at radius 2 is 1.45 bits per heavy atom. The molecule has 3 N–H and O–H groups in total. The molecule has 0 bridgehead atoms. The third-order valence-corrected chi connectivity index (χ3v) is 4.91. The van der Waals surface area contributed by atoms with Gasteiger partial charge in [-0.3, -0.25) is 24.0 Å². The van der Waals surface area contributed by atoms with E-state index in [9.17, 15) is 50.3 Å². The van der Waals surface area contributed by atoms with Gasteiger partial charge in [0.1, 0.15) is 30.0 Å². The van der Waals surface area contributed by atoms with Crippen LogP contribution < -0.4 is 15.4 Å². The second-order valence-electron chi connectivity index (χ2n) is 7.79. The van der Waals surface area contributed by atoms with Crippen LogP contribution in [0.5, 0.6) is 5.75 Å². The number of amides is 2. The van der Waals surface area contributed by atoms with Gasteiger partial charge in [0, 0.05) is 18.4 Å². The number of carboxylic acids is 1. The van der Waals surface area contributed by atoms with Crippen molar-refractivity contribution in [2.45, 2.75) is 25.8 Å². The lowest BCUT2D eigenvalue weighted by molar-refractivity contribution is -0.141. The lowest BCUT2D eigenvalue weighted by Gasteiger charge is -2.19. The van der Waals surface area contributed by atoms with Gasteiger partial charge in [-0.1, -0.05) is 13.0 Å². The third kappa shape index (κ3) is 7.54. The maximum absolute atomic E-state index is 13.7. The largest absolute Gasteiger partial charge is 0.481 e. The lowest BCUT2D eigenvalue weighted by atomic mass is 10.0. The third-order valence-electron chi connectivity index (χ3n) is 4.91. The van der Waals surface area contributed by atoms with E-state index in [1.54, 1.807) is 5.32 Å². The molecule has 0 aliphatic rings. The number of benzene rings is 2. The summed E-state index contributed by atoms with van der Waals surface area (Å²) in [4.78, 5) is 60.0. The second kappa shape index (κ2) is 12.7. The molecule has 0 saturated carbocycles. The van der Waals surface area contributed by atoms with Gasteiger partial charge in [0.15, 0.2) is 23.2 Å². The number of rotatable bonds is 12. The molecule has 2 aromatic rings. The summed E-state index contributed by atoms with van der Waals surface area (Å²) in [6.45, 7) is -0.220. The van der Waals surface area contributed by atoms with Crippen LogP contribution in [0.25, 0.3) is 0 Å². The molecule has 0 spiro atoms. The first-order valence-corrected chi connectivity index (χ1v) is 10.5. The molecule has 0 unspecified atom stereocenters. The van der Waals surface area contributed by atoms with Gasteiger partial charge in [-0.25, -0.2) is 17.6 Å². The minimum atomic E-state index is -1.96. The van der Waals surface area contributed by atoms with Gasteiger partial charge in [0.2, 0.25) is 23.3 Å². The summed E-state index contributed by atoms with van der Waals surface area (Å²) in [7, 11) is 0. The molecule has 204 valence electrons. The molecule has 0 aromatic heterocycles. The number of carboxylic acid groups (broad SMARTS) is 1. The fourth-order valence-electron chi connectivity index (χ4n) is 2.92. The maximum atomic E-state index is 13.7. The number of hydrogen-bond acceptors (Lipinski definition) is 6. The first kappa shape index (κ1) is 29.8. The van der Waals surface area contributed by atoms with E-state index in [2.05, 4.69) is 4.74 Å². The normalized spacial score (nSPS) is 12.3. The summed E-state index contributed by atoms with van der Waals surface area (Å²) in [6.07, 6.45) is -1.90. The molecule has 0 fully saturated rings. The summed E-state index contributed by atoms with van der Waals surface area (Å²) in [5.74, 6) is -19.7. The molecular weight excluding hydrogens is 530 g/mol. The Balaban J connectivity index is 2.04. The van der Waals surface area contributed by atoms with Crippen molar-refractivity contribution in [3.63, 3.8) is 0 Å².